The lowest BCUT2D eigenvalue weighted by Crippen LogP contribution is -2.45. The first-order valence-corrected chi connectivity index (χ1v) is 7.88. The summed E-state index contributed by atoms with van der Waals surface area (Å²) in [6.07, 6.45) is 2.56. The molecule has 1 aromatic carbocycles. The van der Waals surface area contributed by atoms with E-state index in [1.807, 2.05) is 19.2 Å². The Labute approximate surface area is 127 Å². The molecule has 1 amide bonds. The average Bonchev–Trinajstić information content (AvgIpc) is 2.43. The van der Waals surface area contributed by atoms with Crippen LogP contribution in [0.15, 0.2) is 23.1 Å². The number of carboxylic acids is 1. The quantitative estimate of drug-likeness (QED) is 0.791. The number of rotatable bonds is 6. The first-order chi connectivity index (χ1) is 9.40. The van der Waals surface area contributed by atoms with Gasteiger partial charge in [0.2, 0.25) is 0 Å². The standard InChI is InChI=1S/C14H18ClNO3S/c1-4-8(2)12(14(18)19)16-13(17)10-7-9(20-3)5-6-11(10)15/h5-8,12H,4H2,1-3H3,(H,16,17)(H,18,19)/t8-,12-/m0/s1. The molecule has 0 radical (unpaired) electrons. The molecule has 1 aromatic rings. The van der Waals surface area contributed by atoms with Crippen LogP contribution in [0.2, 0.25) is 5.02 Å². The van der Waals surface area contributed by atoms with Gasteiger partial charge in [0.05, 0.1) is 10.6 Å². The normalized spacial score (nSPS) is 13.6. The zero-order chi connectivity index (χ0) is 15.3. The van der Waals surface area contributed by atoms with Crippen molar-refractivity contribution in [3.63, 3.8) is 0 Å². The van der Waals surface area contributed by atoms with Crippen molar-refractivity contribution in [3.8, 4) is 0 Å². The lowest BCUT2D eigenvalue weighted by Gasteiger charge is -2.20. The third-order valence-electron chi connectivity index (χ3n) is 3.18. The van der Waals surface area contributed by atoms with Crippen LogP contribution in [-0.2, 0) is 4.79 Å². The predicted octanol–water partition coefficient (Wildman–Crippen LogP) is 3.29. The first-order valence-electron chi connectivity index (χ1n) is 6.27. The maximum Gasteiger partial charge on any atom is 0.326 e. The Kier molecular flexibility index (Phi) is 6.36. The first kappa shape index (κ1) is 16.9. The number of carbonyl (C=O) groups is 2. The van der Waals surface area contributed by atoms with Crippen LogP contribution in [0.25, 0.3) is 0 Å². The molecule has 0 aliphatic rings. The number of hydrogen-bond acceptors (Lipinski definition) is 3. The van der Waals surface area contributed by atoms with E-state index in [4.69, 9.17) is 11.6 Å². The smallest absolute Gasteiger partial charge is 0.326 e. The van der Waals surface area contributed by atoms with Crippen LogP contribution < -0.4 is 5.32 Å². The highest BCUT2D eigenvalue weighted by molar-refractivity contribution is 7.98. The second-order valence-electron chi connectivity index (χ2n) is 4.52. The van der Waals surface area contributed by atoms with Gasteiger partial charge in [-0.25, -0.2) is 4.79 Å². The van der Waals surface area contributed by atoms with Gasteiger partial charge in [-0.05, 0) is 30.4 Å². The highest BCUT2D eigenvalue weighted by atomic mass is 35.5. The van der Waals surface area contributed by atoms with E-state index < -0.39 is 17.9 Å². The molecular weight excluding hydrogens is 298 g/mol. The van der Waals surface area contributed by atoms with E-state index in [2.05, 4.69) is 5.32 Å². The molecule has 2 atom stereocenters. The van der Waals surface area contributed by atoms with Gasteiger partial charge in [-0.2, -0.15) is 0 Å². The maximum absolute atomic E-state index is 12.2. The fourth-order valence-electron chi connectivity index (χ4n) is 1.71. The van der Waals surface area contributed by atoms with E-state index in [1.165, 1.54) is 11.8 Å². The lowest BCUT2D eigenvalue weighted by molar-refractivity contribution is -0.140. The molecule has 0 heterocycles. The molecule has 0 aromatic heterocycles. The van der Waals surface area contributed by atoms with E-state index in [1.54, 1.807) is 19.1 Å². The zero-order valence-corrected chi connectivity index (χ0v) is 13.2. The summed E-state index contributed by atoms with van der Waals surface area (Å²) in [5, 5.41) is 12.0. The number of halogens is 1. The minimum atomic E-state index is -1.04. The summed E-state index contributed by atoms with van der Waals surface area (Å²) in [6, 6.07) is 4.20. The van der Waals surface area contributed by atoms with Gasteiger partial charge in [0, 0.05) is 4.90 Å². The summed E-state index contributed by atoms with van der Waals surface area (Å²) in [5.74, 6) is -1.65. The molecule has 110 valence electrons. The third-order valence-corrected chi connectivity index (χ3v) is 4.24. The molecule has 6 heteroatoms. The number of carbonyl (C=O) groups excluding carboxylic acids is 1. The van der Waals surface area contributed by atoms with E-state index in [9.17, 15) is 14.7 Å². The Balaban J connectivity index is 2.97. The molecule has 20 heavy (non-hydrogen) atoms. The number of aliphatic carboxylic acids is 1. The molecule has 4 nitrogen and oxygen atoms in total. The number of carboxylic acid groups (broad SMARTS) is 1. The Bertz CT molecular complexity index is 507. The molecule has 0 aliphatic carbocycles. The van der Waals surface area contributed by atoms with E-state index in [-0.39, 0.29) is 5.92 Å². The zero-order valence-electron chi connectivity index (χ0n) is 11.6. The molecule has 1 rings (SSSR count). The Hall–Kier alpha value is -1.20. The molecule has 0 bridgehead atoms. The fourth-order valence-corrected chi connectivity index (χ4v) is 2.35. The van der Waals surface area contributed by atoms with Gasteiger partial charge in [0.25, 0.3) is 5.91 Å². The summed E-state index contributed by atoms with van der Waals surface area (Å²) >= 11 is 7.50. The molecular formula is C14H18ClNO3S. The molecule has 0 unspecified atom stereocenters. The maximum atomic E-state index is 12.2. The monoisotopic (exact) mass is 315 g/mol. The molecule has 0 spiro atoms. The molecule has 0 aliphatic heterocycles. The van der Waals surface area contributed by atoms with Crippen LogP contribution in [0.3, 0.4) is 0 Å². The number of thioether (sulfide) groups is 1. The van der Waals surface area contributed by atoms with Crippen molar-refractivity contribution in [1.82, 2.24) is 5.32 Å². The van der Waals surface area contributed by atoms with Gasteiger partial charge in [0.1, 0.15) is 6.04 Å². The van der Waals surface area contributed by atoms with Crippen molar-refractivity contribution >= 4 is 35.2 Å². The molecule has 2 N–H and O–H groups in total. The summed E-state index contributed by atoms with van der Waals surface area (Å²) in [5.41, 5.74) is 0.299. The van der Waals surface area contributed by atoms with Crippen molar-refractivity contribution in [1.29, 1.82) is 0 Å². The molecule has 0 fully saturated rings. The van der Waals surface area contributed by atoms with Crippen molar-refractivity contribution in [2.24, 2.45) is 5.92 Å². The summed E-state index contributed by atoms with van der Waals surface area (Å²) in [7, 11) is 0. The van der Waals surface area contributed by atoms with Gasteiger partial charge in [-0.1, -0.05) is 31.9 Å². The number of amides is 1. The minimum absolute atomic E-state index is 0.154. The van der Waals surface area contributed by atoms with Crippen LogP contribution in [0.4, 0.5) is 0 Å². The Morgan fingerprint density at radius 1 is 1.45 bits per heavy atom. The molecule has 0 saturated heterocycles. The van der Waals surface area contributed by atoms with Gasteiger partial charge < -0.3 is 10.4 Å². The number of hydrogen-bond donors (Lipinski definition) is 2. The van der Waals surface area contributed by atoms with Crippen molar-refractivity contribution < 1.29 is 14.7 Å². The van der Waals surface area contributed by atoms with Crippen LogP contribution in [-0.4, -0.2) is 29.3 Å². The summed E-state index contributed by atoms with van der Waals surface area (Å²) in [6.45, 7) is 3.67. The average molecular weight is 316 g/mol. The SMILES string of the molecule is CC[C@H](C)[C@H](NC(=O)c1cc(SC)ccc1Cl)C(=O)O. The van der Waals surface area contributed by atoms with Crippen molar-refractivity contribution in [2.75, 3.05) is 6.26 Å². The predicted molar refractivity (Wildman–Crippen MR) is 81.6 cm³/mol. The van der Waals surface area contributed by atoms with Crippen molar-refractivity contribution in [3.05, 3.63) is 28.8 Å². The van der Waals surface area contributed by atoms with E-state index in [0.29, 0.717) is 17.0 Å². The van der Waals surface area contributed by atoms with E-state index >= 15 is 0 Å². The Morgan fingerprint density at radius 3 is 2.60 bits per heavy atom. The lowest BCUT2D eigenvalue weighted by atomic mass is 9.99. The van der Waals surface area contributed by atoms with Gasteiger partial charge in [-0.15, -0.1) is 11.8 Å². The topological polar surface area (TPSA) is 66.4 Å². The fraction of sp³-hybridized carbons (Fsp3) is 0.429. The van der Waals surface area contributed by atoms with E-state index in [0.717, 1.165) is 4.90 Å². The summed E-state index contributed by atoms with van der Waals surface area (Å²) < 4.78 is 0. The van der Waals surface area contributed by atoms with Gasteiger partial charge in [-0.3, -0.25) is 4.79 Å². The van der Waals surface area contributed by atoms with Crippen molar-refractivity contribution in [2.45, 2.75) is 31.2 Å². The highest BCUT2D eigenvalue weighted by Crippen LogP contribution is 2.23. The highest BCUT2D eigenvalue weighted by Gasteiger charge is 2.26. The van der Waals surface area contributed by atoms with Crippen LogP contribution >= 0.6 is 23.4 Å². The molecule has 0 saturated carbocycles. The van der Waals surface area contributed by atoms with Gasteiger partial charge in [0.15, 0.2) is 0 Å². The third kappa shape index (κ3) is 4.15. The largest absolute Gasteiger partial charge is 0.480 e. The number of nitrogens with one attached hydrogen (secondary N) is 1. The number of benzene rings is 1. The summed E-state index contributed by atoms with van der Waals surface area (Å²) in [4.78, 5) is 24.3. The van der Waals surface area contributed by atoms with Crippen LogP contribution in [0.5, 0.6) is 0 Å². The second kappa shape index (κ2) is 7.55. The second-order valence-corrected chi connectivity index (χ2v) is 5.81. The van der Waals surface area contributed by atoms with Crippen LogP contribution in [0.1, 0.15) is 30.6 Å². The van der Waals surface area contributed by atoms with Gasteiger partial charge >= 0.3 is 5.97 Å². The van der Waals surface area contributed by atoms with Crippen LogP contribution in [0, 0.1) is 5.92 Å². The minimum Gasteiger partial charge on any atom is -0.480 e. The Morgan fingerprint density at radius 2 is 2.10 bits per heavy atom.